The molecule has 2 aliphatic rings. The summed E-state index contributed by atoms with van der Waals surface area (Å²) in [6.07, 6.45) is 4.09. The molecule has 0 spiro atoms. The summed E-state index contributed by atoms with van der Waals surface area (Å²) in [5.74, 6) is 0.590. The average molecular weight is 479 g/mol. The largest absolute Gasteiger partial charge is 0.497 e. The Morgan fingerprint density at radius 3 is 2.53 bits per heavy atom. The van der Waals surface area contributed by atoms with Gasteiger partial charge in [-0.25, -0.2) is 8.42 Å². The molecule has 1 aromatic carbocycles. The van der Waals surface area contributed by atoms with E-state index in [0.717, 1.165) is 36.1 Å². The number of aryl methyl sites for hydroxylation is 1. The Labute approximate surface area is 191 Å². The third-order valence-corrected chi connectivity index (χ3v) is 8.62. The molecule has 1 saturated heterocycles. The lowest BCUT2D eigenvalue weighted by Gasteiger charge is -2.15. The molecule has 32 heavy (non-hydrogen) atoms. The van der Waals surface area contributed by atoms with Crippen molar-refractivity contribution in [2.45, 2.75) is 38.1 Å². The molecule has 8 nitrogen and oxygen atoms in total. The zero-order chi connectivity index (χ0) is 22.7. The maximum atomic E-state index is 13.1. The summed E-state index contributed by atoms with van der Waals surface area (Å²) in [5.41, 5.74) is 1.43. The second-order valence-corrected chi connectivity index (χ2v) is 11.3. The number of sulfone groups is 1. The lowest BCUT2D eigenvalue weighted by molar-refractivity contribution is -0.118. The Hall–Kier alpha value is -2.59. The van der Waals surface area contributed by atoms with Crippen LogP contribution in [0.3, 0.4) is 0 Å². The van der Waals surface area contributed by atoms with Gasteiger partial charge in [-0.2, -0.15) is 0 Å². The average Bonchev–Trinajstić information content (AvgIpc) is 3.31. The van der Waals surface area contributed by atoms with Crippen LogP contribution in [0.1, 0.15) is 40.1 Å². The van der Waals surface area contributed by atoms with Crippen molar-refractivity contribution in [3.8, 4) is 11.5 Å². The van der Waals surface area contributed by atoms with Gasteiger partial charge in [-0.05, 0) is 61.9 Å². The van der Waals surface area contributed by atoms with Crippen LogP contribution >= 0.6 is 11.3 Å². The van der Waals surface area contributed by atoms with Crippen LogP contribution in [0.5, 0.6) is 11.5 Å². The summed E-state index contributed by atoms with van der Waals surface area (Å²) in [6.45, 7) is -0.198. The van der Waals surface area contributed by atoms with E-state index in [9.17, 15) is 18.0 Å². The number of rotatable bonds is 7. The van der Waals surface area contributed by atoms with Gasteiger partial charge in [0.25, 0.3) is 11.8 Å². The van der Waals surface area contributed by atoms with Crippen molar-refractivity contribution >= 4 is 38.0 Å². The predicted molar refractivity (Wildman–Crippen MR) is 123 cm³/mol. The molecular formula is C22H26N2O6S2. The first-order chi connectivity index (χ1) is 15.3. The van der Waals surface area contributed by atoms with E-state index in [2.05, 4.69) is 10.6 Å². The number of hydrogen-bond acceptors (Lipinski definition) is 7. The minimum absolute atomic E-state index is 0.0392. The second-order valence-electron chi connectivity index (χ2n) is 8.00. The first kappa shape index (κ1) is 22.6. The fraction of sp³-hybridized carbons (Fsp3) is 0.455. The van der Waals surface area contributed by atoms with Crippen LogP contribution in [0.15, 0.2) is 24.3 Å². The normalized spacial score (nSPS) is 19.1. The third kappa shape index (κ3) is 5.24. The first-order valence-corrected chi connectivity index (χ1v) is 13.2. The summed E-state index contributed by atoms with van der Waals surface area (Å²) < 4.78 is 34.1. The van der Waals surface area contributed by atoms with Gasteiger partial charge in [-0.3, -0.25) is 9.59 Å². The van der Waals surface area contributed by atoms with E-state index in [0.29, 0.717) is 28.5 Å². The number of carbonyl (C=O) groups excluding carboxylic acids is 2. The molecule has 2 aromatic rings. The Balaban J connectivity index is 1.46. The first-order valence-electron chi connectivity index (χ1n) is 10.6. The number of anilines is 1. The second kappa shape index (κ2) is 9.50. The number of amides is 2. The smallest absolute Gasteiger partial charge is 0.262 e. The zero-order valence-corrected chi connectivity index (χ0v) is 19.4. The molecule has 1 aromatic heterocycles. The number of ether oxygens (including phenoxy) is 2. The van der Waals surface area contributed by atoms with E-state index < -0.39 is 15.9 Å². The van der Waals surface area contributed by atoms with Crippen LogP contribution in [0.4, 0.5) is 5.00 Å². The van der Waals surface area contributed by atoms with Gasteiger partial charge in [0, 0.05) is 10.9 Å². The molecule has 0 radical (unpaired) electrons. The number of benzene rings is 1. The maximum absolute atomic E-state index is 13.1. The molecule has 0 bridgehead atoms. The van der Waals surface area contributed by atoms with Crippen molar-refractivity contribution in [2.24, 2.45) is 0 Å². The molecule has 0 unspecified atom stereocenters. The highest BCUT2D eigenvalue weighted by atomic mass is 32.2. The predicted octanol–water partition coefficient (Wildman–Crippen LogP) is 2.57. The molecule has 4 rings (SSSR count). The van der Waals surface area contributed by atoms with Gasteiger partial charge < -0.3 is 20.1 Å². The molecule has 2 amide bonds. The lowest BCUT2D eigenvalue weighted by Crippen LogP contribution is -2.36. The Morgan fingerprint density at radius 1 is 1.12 bits per heavy atom. The van der Waals surface area contributed by atoms with Crippen molar-refractivity contribution < 1.29 is 27.5 Å². The third-order valence-electron chi connectivity index (χ3n) is 5.65. The standard InChI is InChI=1S/C22H26N2O6S2/c1-29-15-6-8-16(9-7-15)30-12-19(25)24-22-20(17-4-2-3-5-18(17)31-22)21(26)23-14-10-11-32(27,28)13-14/h6-9,14H,2-5,10-13H2,1H3,(H,23,26)(H,24,25)/t14-/m0/s1. The van der Waals surface area contributed by atoms with E-state index in [1.165, 1.54) is 11.3 Å². The maximum Gasteiger partial charge on any atom is 0.262 e. The van der Waals surface area contributed by atoms with E-state index in [1.54, 1.807) is 31.4 Å². The molecule has 0 saturated carbocycles. The van der Waals surface area contributed by atoms with Crippen molar-refractivity contribution in [2.75, 3.05) is 30.5 Å². The van der Waals surface area contributed by atoms with E-state index in [4.69, 9.17) is 9.47 Å². The number of hydrogen-bond donors (Lipinski definition) is 2. The molecular weight excluding hydrogens is 452 g/mol. The quantitative estimate of drug-likeness (QED) is 0.633. The Kier molecular flexibility index (Phi) is 6.71. The highest BCUT2D eigenvalue weighted by molar-refractivity contribution is 7.91. The van der Waals surface area contributed by atoms with Crippen molar-refractivity contribution in [1.82, 2.24) is 5.32 Å². The number of methoxy groups -OCH3 is 1. The van der Waals surface area contributed by atoms with Gasteiger partial charge >= 0.3 is 0 Å². The molecule has 1 atom stereocenters. The molecule has 1 aliphatic heterocycles. The molecule has 2 N–H and O–H groups in total. The van der Waals surface area contributed by atoms with E-state index in [1.807, 2.05) is 0 Å². The summed E-state index contributed by atoms with van der Waals surface area (Å²) in [7, 11) is -1.53. The lowest BCUT2D eigenvalue weighted by atomic mass is 9.95. The van der Waals surface area contributed by atoms with E-state index >= 15 is 0 Å². The van der Waals surface area contributed by atoms with E-state index in [-0.39, 0.29) is 29.9 Å². The van der Waals surface area contributed by atoms with Gasteiger partial charge in [0.1, 0.15) is 16.5 Å². The molecule has 1 fully saturated rings. The van der Waals surface area contributed by atoms with Crippen LogP contribution in [0.2, 0.25) is 0 Å². The topological polar surface area (TPSA) is 111 Å². The summed E-state index contributed by atoms with van der Waals surface area (Å²) in [5, 5.41) is 6.20. The number of carbonyl (C=O) groups is 2. The fourth-order valence-corrected chi connectivity index (χ4v) is 7.02. The summed E-state index contributed by atoms with van der Waals surface area (Å²) >= 11 is 1.42. The Bertz CT molecular complexity index is 1110. The highest BCUT2D eigenvalue weighted by Gasteiger charge is 2.32. The van der Waals surface area contributed by atoms with Crippen LogP contribution in [-0.4, -0.2) is 51.5 Å². The minimum atomic E-state index is -3.10. The van der Waals surface area contributed by atoms with Crippen molar-refractivity contribution in [3.05, 3.63) is 40.3 Å². The van der Waals surface area contributed by atoms with Gasteiger partial charge in [0.15, 0.2) is 16.4 Å². The fourth-order valence-electron chi connectivity index (χ4n) is 4.04. The van der Waals surface area contributed by atoms with Crippen LogP contribution in [0.25, 0.3) is 0 Å². The zero-order valence-electron chi connectivity index (χ0n) is 17.8. The SMILES string of the molecule is COc1ccc(OCC(=O)Nc2sc3c(c2C(=O)N[C@H]2CCS(=O)(=O)C2)CCCC3)cc1. The monoisotopic (exact) mass is 478 g/mol. The van der Waals surface area contributed by atoms with Crippen LogP contribution in [-0.2, 0) is 27.5 Å². The summed E-state index contributed by atoms with van der Waals surface area (Å²) in [4.78, 5) is 26.8. The van der Waals surface area contributed by atoms with Crippen LogP contribution in [0, 0.1) is 0 Å². The molecule has 2 heterocycles. The molecule has 10 heteroatoms. The van der Waals surface area contributed by atoms with Gasteiger partial charge in [0.2, 0.25) is 0 Å². The molecule has 172 valence electrons. The number of fused-ring (bicyclic) bond motifs is 1. The minimum Gasteiger partial charge on any atom is -0.497 e. The van der Waals surface area contributed by atoms with Gasteiger partial charge in [-0.15, -0.1) is 11.3 Å². The Morgan fingerprint density at radius 2 is 1.84 bits per heavy atom. The summed E-state index contributed by atoms with van der Waals surface area (Å²) in [6, 6.07) is 6.52. The number of thiophene rings is 1. The highest BCUT2D eigenvalue weighted by Crippen LogP contribution is 2.38. The van der Waals surface area contributed by atoms with Gasteiger partial charge in [-0.1, -0.05) is 0 Å². The van der Waals surface area contributed by atoms with Crippen molar-refractivity contribution in [3.63, 3.8) is 0 Å². The number of nitrogens with one attached hydrogen (secondary N) is 2. The van der Waals surface area contributed by atoms with Crippen molar-refractivity contribution in [1.29, 1.82) is 0 Å². The van der Waals surface area contributed by atoms with Crippen LogP contribution < -0.4 is 20.1 Å². The molecule has 1 aliphatic carbocycles. The van der Waals surface area contributed by atoms with Gasteiger partial charge in [0.05, 0.1) is 24.2 Å².